The lowest BCUT2D eigenvalue weighted by molar-refractivity contribution is 0.303. The zero-order valence-electron chi connectivity index (χ0n) is 10.9. The molecular formula is C14H24N2S. The van der Waals surface area contributed by atoms with Crippen molar-refractivity contribution in [2.45, 2.75) is 69.9 Å². The standard InChI is InChI=1S/C14H24N2S/c1-11-6-5-7-12(11)15-13-16-14(10-17-13)8-3-2-4-9-14/h11-12H,2-10H2,1H3,(H,15,16). The van der Waals surface area contributed by atoms with E-state index < -0.39 is 0 Å². The molecule has 1 N–H and O–H groups in total. The summed E-state index contributed by atoms with van der Waals surface area (Å²) in [7, 11) is 0. The quantitative estimate of drug-likeness (QED) is 0.771. The predicted molar refractivity (Wildman–Crippen MR) is 75.6 cm³/mol. The van der Waals surface area contributed by atoms with Crippen molar-refractivity contribution in [3.63, 3.8) is 0 Å². The van der Waals surface area contributed by atoms with Crippen LogP contribution in [0.2, 0.25) is 0 Å². The van der Waals surface area contributed by atoms with Crippen molar-refractivity contribution in [3.8, 4) is 0 Å². The molecule has 0 amide bonds. The lowest BCUT2D eigenvalue weighted by Crippen LogP contribution is -2.45. The first kappa shape index (κ1) is 11.9. The second kappa shape index (κ2) is 4.83. The van der Waals surface area contributed by atoms with Crippen LogP contribution in [0.3, 0.4) is 0 Å². The smallest absolute Gasteiger partial charge is 0.157 e. The normalized spacial score (nSPS) is 38.8. The van der Waals surface area contributed by atoms with Crippen LogP contribution >= 0.6 is 11.8 Å². The van der Waals surface area contributed by atoms with Crippen molar-refractivity contribution in [2.75, 3.05) is 5.75 Å². The Morgan fingerprint density at radius 3 is 2.71 bits per heavy atom. The van der Waals surface area contributed by atoms with Crippen molar-refractivity contribution >= 4 is 16.9 Å². The first-order valence-corrected chi connectivity index (χ1v) is 8.25. The molecule has 2 aliphatic carbocycles. The third-order valence-electron chi connectivity index (χ3n) is 4.77. The number of thioether (sulfide) groups is 1. The van der Waals surface area contributed by atoms with E-state index in [-0.39, 0.29) is 0 Å². The van der Waals surface area contributed by atoms with E-state index >= 15 is 0 Å². The van der Waals surface area contributed by atoms with Crippen molar-refractivity contribution in [1.82, 2.24) is 5.32 Å². The minimum atomic E-state index is 0.420. The first-order valence-electron chi connectivity index (χ1n) is 7.26. The van der Waals surface area contributed by atoms with Crippen LogP contribution in [0.25, 0.3) is 0 Å². The summed E-state index contributed by atoms with van der Waals surface area (Å²) in [5.74, 6) is 2.06. The van der Waals surface area contributed by atoms with Crippen LogP contribution in [0.5, 0.6) is 0 Å². The van der Waals surface area contributed by atoms with E-state index in [0.29, 0.717) is 11.6 Å². The van der Waals surface area contributed by atoms with Crippen molar-refractivity contribution in [2.24, 2.45) is 10.9 Å². The fourth-order valence-electron chi connectivity index (χ4n) is 3.54. The topological polar surface area (TPSA) is 24.4 Å². The summed E-state index contributed by atoms with van der Waals surface area (Å²) in [6.07, 6.45) is 11.0. The predicted octanol–water partition coefficient (Wildman–Crippen LogP) is 3.57. The van der Waals surface area contributed by atoms with Gasteiger partial charge in [-0.25, -0.2) is 0 Å². The highest BCUT2D eigenvalue weighted by atomic mass is 32.2. The molecule has 3 aliphatic rings. The number of amidine groups is 1. The van der Waals surface area contributed by atoms with E-state index in [2.05, 4.69) is 12.2 Å². The van der Waals surface area contributed by atoms with Gasteiger partial charge in [-0.15, -0.1) is 0 Å². The monoisotopic (exact) mass is 252 g/mol. The lowest BCUT2D eigenvalue weighted by atomic mass is 9.83. The number of hydrogen-bond donors (Lipinski definition) is 1. The Balaban J connectivity index is 1.64. The molecule has 0 aromatic carbocycles. The van der Waals surface area contributed by atoms with Crippen LogP contribution in [-0.2, 0) is 0 Å². The average molecular weight is 252 g/mol. The van der Waals surface area contributed by atoms with E-state index in [9.17, 15) is 0 Å². The highest BCUT2D eigenvalue weighted by Gasteiger charge is 2.38. The van der Waals surface area contributed by atoms with Gasteiger partial charge in [0.25, 0.3) is 0 Å². The second-order valence-corrected chi connectivity index (χ2v) is 7.13. The molecule has 2 unspecified atom stereocenters. The maximum atomic E-state index is 4.97. The SMILES string of the molecule is CC1CCCC1N=C1NC2(CCCCC2)CS1. The number of hydrogen-bond acceptors (Lipinski definition) is 2. The van der Waals surface area contributed by atoms with Gasteiger partial charge in [-0.3, -0.25) is 4.99 Å². The number of nitrogens with one attached hydrogen (secondary N) is 1. The molecule has 3 rings (SSSR count). The fourth-order valence-corrected chi connectivity index (χ4v) is 4.81. The fraction of sp³-hybridized carbons (Fsp3) is 0.929. The lowest BCUT2D eigenvalue weighted by Gasteiger charge is -2.32. The van der Waals surface area contributed by atoms with Crippen molar-refractivity contribution in [3.05, 3.63) is 0 Å². The molecule has 0 aromatic heterocycles. The number of nitrogens with zero attached hydrogens (tertiary/aromatic N) is 1. The first-order chi connectivity index (χ1) is 8.27. The summed E-state index contributed by atoms with van der Waals surface area (Å²) >= 11 is 1.98. The van der Waals surface area contributed by atoms with E-state index in [1.807, 2.05) is 11.8 Å². The highest BCUT2D eigenvalue weighted by Crippen LogP contribution is 2.37. The third kappa shape index (κ3) is 2.49. The van der Waals surface area contributed by atoms with Gasteiger partial charge >= 0.3 is 0 Å². The van der Waals surface area contributed by atoms with Crippen LogP contribution in [-0.4, -0.2) is 22.5 Å². The second-order valence-electron chi connectivity index (χ2n) is 6.16. The van der Waals surface area contributed by atoms with E-state index in [0.717, 1.165) is 5.92 Å². The maximum absolute atomic E-state index is 4.97. The summed E-state index contributed by atoms with van der Waals surface area (Å²) in [5, 5.41) is 5.02. The zero-order chi connectivity index (χ0) is 11.7. The molecule has 0 bridgehead atoms. The highest BCUT2D eigenvalue weighted by molar-refractivity contribution is 8.14. The van der Waals surface area contributed by atoms with Gasteiger partial charge in [-0.2, -0.15) is 0 Å². The molecule has 1 heterocycles. The van der Waals surface area contributed by atoms with Crippen LogP contribution in [0.15, 0.2) is 4.99 Å². The van der Waals surface area contributed by atoms with Crippen LogP contribution < -0.4 is 5.32 Å². The van der Waals surface area contributed by atoms with Crippen LogP contribution in [0.4, 0.5) is 0 Å². The zero-order valence-corrected chi connectivity index (χ0v) is 11.7. The minimum Gasteiger partial charge on any atom is -0.359 e. The Morgan fingerprint density at radius 2 is 2.00 bits per heavy atom. The van der Waals surface area contributed by atoms with Crippen LogP contribution in [0, 0.1) is 5.92 Å². The van der Waals surface area contributed by atoms with Gasteiger partial charge in [-0.1, -0.05) is 44.4 Å². The van der Waals surface area contributed by atoms with Gasteiger partial charge in [0.15, 0.2) is 5.17 Å². The molecule has 2 saturated carbocycles. The molecule has 1 spiro atoms. The summed E-state index contributed by atoms with van der Waals surface area (Å²) < 4.78 is 0. The summed E-state index contributed by atoms with van der Waals surface area (Å²) in [5.41, 5.74) is 0.420. The average Bonchev–Trinajstić information content (AvgIpc) is 2.90. The summed E-state index contributed by atoms with van der Waals surface area (Å²) in [6.45, 7) is 2.36. The molecule has 0 radical (unpaired) electrons. The van der Waals surface area contributed by atoms with Crippen LogP contribution in [0.1, 0.15) is 58.3 Å². The minimum absolute atomic E-state index is 0.420. The third-order valence-corrected chi connectivity index (χ3v) is 5.95. The van der Waals surface area contributed by atoms with E-state index in [1.54, 1.807) is 0 Å². The number of aliphatic imine (C=N–C) groups is 1. The molecule has 1 aliphatic heterocycles. The molecule has 2 atom stereocenters. The van der Waals surface area contributed by atoms with Gasteiger partial charge in [0.05, 0.1) is 6.04 Å². The maximum Gasteiger partial charge on any atom is 0.157 e. The number of rotatable bonds is 1. The van der Waals surface area contributed by atoms with Gasteiger partial charge in [0.1, 0.15) is 0 Å². The Bertz CT molecular complexity index is 307. The summed E-state index contributed by atoms with van der Waals surface area (Å²) in [4.78, 5) is 4.97. The molecule has 0 aromatic rings. The van der Waals surface area contributed by atoms with E-state index in [1.165, 1.54) is 62.3 Å². The van der Waals surface area contributed by atoms with Gasteiger partial charge in [0, 0.05) is 11.3 Å². The molecular weight excluding hydrogens is 228 g/mol. The Morgan fingerprint density at radius 1 is 1.18 bits per heavy atom. The van der Waals surface area contributed by atoms with Crippen molar-refractivity contribution < 1.29 is 0 Å². The van der Waals surface area contributed by atoms with E-state index in [4.69, 9.17) is 4.99 Å². The molecule has 2 nitrogen and oxygen atoms in total. The van der Waals surface area contributed by atoms with Gasteiger partial charge in [0.2, 0.25) is 0 Å². The molecule has 17 heavy (non-hydrogen) atoms. The van der Waals surface area contributed by atoms with Gasteiger partial charge < -0.3 is 5.32 Å². The largest absolute Gasteiger partial charge is 0.359 e. The Labute approximate surface area is 109 Å². The Hall–Kier alpha value is -0.180. The molecule has 1 saturated heterocycles. The molecule has 96 valence electrons. The molecule has 3 heteroatoms. The molecule has 3 fully saturated rings. The van der Waals surface area contributed by atoms with Gasteiger partial charge in [-0.05, 0) is 31.6 Å². The summed E-state index contributed by atoms with van der Waals surface area (Å²) in [6, 6.07) is 0.601. The van der Waals surface area contributed by atoms with Crippen molar-refractivity contribution in [1.29, 1.82) is 0 Å². The Kier molecular flexibility index (Phi) is 3.38.